The molecule has 1 amide bonds. The number of piperidine rings is 2. The number of rotatable bonds is 2. The monoisotopic (exact) mass is 336 g/mol. The van der Waals surface area contributed by atoms with Crippen molar-refractivity contribution >= 4 is 15.9 Å². The predicted molar refractivity (Wildman–Crippen MR) is 88.5 cm³/mol. The first-order valence-electron chi connectivity index (χ1n) is 8.19. The highest BCUT2D eigenvalue weighted by molar-refractivity contribution is 7.89. The second-order valence-corrected chi connectivity index (χ2v) is 8.72. The molecule has 2 heterocycles. The third kappa shape index (κ3) is 2.90. The molecule has 2 aliphatic heterocycles. The number of hydrogen-bond donors (Lipinski definition) is 0. The molecule has 23 heavy (non-hydrogen) atoms. The molecular weight excluding hydrogens is 312 g/mol. The minimum absolute atomic E-state index is 0.130. The van der Waals surface area contributed by atoms with Crippen LogP contribution in [0.3, 0.4) is 0 Å². The number of amides is 1. The molecule has 0 saturated carbocycles. The van der Waals surface area contributed by atoms with E-state index in [4.69, 9.17) is 0 Å². The molecule has 1 aromatic rings. The Hall–Kier alpha value is -1.40. The summed E-state index contributed by atoms with van der Waals surface area (Å²) in [7, 11) is -1.68. The van der Waals surface area contributed by atoms with Gasteiger partial charge >= 0.3 is 0 Å². The lowest BCUT2D eigenvalue weighted by molar-refractivity contribution is -0.141. The van der Waals surface area contributed by atoms with E-state index in [0.29, 0.717) is 24.4 Å². The van der Waals surface area contributed by atoms with Crippen molar-refractivity contribution in [2.75, 3.05) is 20.1 Å². The molecule has 0 aromatic heterocycles. The van der Waals surface area contributed by atoms with Crippen molar-refractivity contribution in [2.24, 2.45) is 0 Å². The molecule has 5 nitrogen and oxygen atoms in total. The van der Waals surface area contributed by atoms with Crippen molar-refractivity contribution in [3.05, 3.63) is 29.8 Å². The zero-order chi connectivity index (χ0) is 16.7. The Balaban J connectivity index is 1.88. The molecule has 0 bridgehead atoms. The molecule has 1 aromatic carbocycles. The van der Waals surface area contributed by atoms with E-state index in [-0.39, 0.29) is 11.4 Å². The van der Waals surface area contributed by atoms with Crippen LogP contribution in [0.25, 0.3) is 0 Å². The predicted octanol–water partition coefficient (Wildman–Crippen LogP) is 2.16. The maximum Gasteiger partial charge on any atom is 0.243 e. The average molecular weight is 336 g/mol. The van der Waals surface area contributed by atoms with E-state index in [1.54, 1.807) is 21.3 Å². The molecule has 0 N–H and O–H groups in total. The number of sulfonamides is 1. The Labute approximate surface area is 138 Å². The van der Waals surface area contributed by atoms with Gasteiger partial charge in [-0.3, -0.25) is 4.79 Å². The van der Waals surface area contributed by atoms with Gasteiger partial charge in [-0.05, 0) is 44.7 Å². The fourth-order valence-corrected chi connectivity index (χ4v) is 5.34. The average Bonchev–Trinajstić information content (AvgIpc) is 2.53. The van der Waals surface area contributed by atoms with E-state index < -0.39 is 10.0 Å². The Bertz CT molecular complexity index is 695. The number of aryl methyl sites for hydroxylation is 1. The Kier molecular flexibility index (Phi) is 4.23. The van der Waals surface area contributed by atoms with Crippen LogP contribution in [0.15, 0.2) is 29.2 Å². The van der Waals surface area contributed by atoms with Gasteiger partial charge in [-0.1, -0.05) is 17.7 Å². The first-order valence-corrected chi connectivity index (χ1v) is 9.63. The summed E-state index contributed by atoms with van der Waals surface area (Å²) in [5.74, 6) is 0.130. The third-order valence-electron chi connectivity index (χ3n) is 5.30. The molecule has 126 valence electrons. The number of hydrogen-bond acceptors (Lipinski definition) is 3. The van der Waals surface area contributed by atoms with E-state index in [0.717, 1.165) is 31.2 Å². The van der Waals surface area contributed by atoms with Crippen LogP contribution in [-0.4, -0.2) is 49.2 Å². The Morgan fingerprint density at radius 2 is 1.74 bits per heavy atom. The first kappa shape index (κ1) is 16.5. The van der Waals surface area contributed by atoms with Crippen molar-refractivity contribution in [2.45, 2.75) is 49.5 Å². The van der Waals surface area contributed by atoms with Gasteiger partial charge in [0.05, 0.1) is 10.4 Å². The molecule has 0 radical (unpaired) electrons. The summed E-state index contributed by atoms with van der Waals surface area (Å²) in [5.41, 5.74) is 0.711. The van der Waals surface area contributed by atoms with Gasteiger partial charge in [-0.25, -0.2) is 8.42 Å². The maximum atomic E-state index is 12.9. The summed E-state index contributed by atoms with van der Waals surface area (Å²) in [6.07, 6.45) is 3.98. The zero-order valence-corrected chi connectivity index (χ0v) is 14.6. The van der Waals surface area contributed by atoms with Crippen LogP contribution in [0.4, 0.5) is 0 Å². The summed E-state index contributed by atoms with van der Waals surface area (Å²) in [6, 6.07) is 6.98. The van der Waals surface area contributed by atoms with E-state index in [9.17, 15) is 13.2 Å². The highest BCUT2D eigenvalue weighted by Gasteiger charge is 2.45. The minimum atomic E-state index is -3.50. The van der Waals surface area contributed by atoms with Gasteiger partial charge in [0, 0.05) is 26.6 Å². The summed E-state index contributed by atoms with van der Waals surface area (Å²) >= 11 is 0. The van der Waals surface area contributed by atoms with Crippen LogP contribution in [0, 0.1) is 6.92 Å². The molecule has 1 spiro atoms. The number of carbonyl (C=O) groups is 1. The normalized spacial score (nSPS) is 26.7. The zero-order valence-electron chi connectivity index (χ0n) is 13.8. The van der Waals surface area contributed by atoms with Crippen molar-refractivity contribution in [1.82, 2.24) is 9.21 Å². The quantitative estimate of drug-likeness (QED) is 0.831. The van der Waals surface area contributed by atoms with Crippen molar-refractivity contribution in [3.63, 3.8) is 0 Å². The van der Waals surface area contributed by atoms with Crippen molar-refractivity contribution < 1.29 is 13.2 Å². The topological polar surface area (TPSA) is 57.7 Å². The van der Waals surface area contributed by atoms with Gasteiger partial charge < -0.3 is 4.90 Å². The van der Waals surface area contributed by atoms with Crippen LogP contribution in [0.1, 0.15) is 37.7 Å². The van der Waals surface area contributed by atoms with Gasteiger partial charge in [0.2, 0.25) is 15.9 Å². The van der Waals surface area contributed by atoms with E-state index in [2.05, 4.69) is 0 Å². The molecule has 1 atom stereocenters. The molecule has 6 heteroatoms. The highest BCUT2D eigenvalue weighted by atomic mass is 32.2. The van der Waals surface area contributed by atoms with Crippen molar-refractivity contribution in [3.8, 4) is 0 Å². The molecule has 2 aliphatic rings. The smallest absolute Gasteiger partial charge is 0.243 e. The maximum absolute atomic E-state index is 12.9. The second-order valence-electron chi connectivity index (χ2n) is 6.79. The third-order valence-corrected chi connectivity index (χ3v) is 7.16. The minimum Gasteiger partial charge on any atom is -0.339 e. The first-order chi connectivity index (χ1) is 10.8. The molecule has 2 fully saturated rings. The van der Waals surface area contributed by atoms with Gasteiger partial charge in [0.25, 0.3) is 0 Å². The fourth-order valence-electron chi connectivity index (χ4n) is 3.78. The van der Waals surface area contributed by atoms with Gasteiger partial charge in [0.1, 0.15) is 0 Å². The summed E-state index contributed by atoms with van der Waals surface area (Å²) in [5, 5.41) is 0. The summed E-state index contributed by atoms with van der Waals surface area (Å²) in [6.45, 7) is 2.88. The van der Waals surface area contributed by atoms with E-state index >= 15 is 0 Å². The number of carbonyl (C=O) groups excluding carboxylic acids is 1. The number of benzene rings is 1. The second kappa shape index (κ2) is 5.91. The highest BCUT2D eigenvalue weighted by Crippen LogP contribution is 2.37. The van der Waals surface area contributed by atoms with Crippen LogP contribution in [-0.2, 0) is 14.8 Å². The van der Waals surface area contributed by atoms with Crippen LogP contribution >= 0.6 is 0 Å². The molecule has 3 rings (SSSR count). The van der Waals surface area contributed by atoms with Crippen LogP contribution < -0.4 is 0 Å². The SMILES string of the molecule is Cc1ccc(S(=O)(=O)N2CCC[C@]3(CCCC(=O)N3C)C2)cc1. The van der Waals surface area contributed by atoms with Gasteiger partial charge in [0.15, 0.2) is 0 Å². The van der Waals surface area contributed by atoms with Crippen LogP contribution in [0.5, 0.6) is 0 Å². The molecule has 0 aliphatic carbocycles. The summed E-state index contributed by atoms with van der Waals surface area (Å²) < 4.78 is 27.4. The number of likely N-dealkylation sites (tertiary alicyclic amines) is 1. The lowest BCUT2D eigenvalue weighted by Gasteiger charge is -2.50. The van der Waals surface area contributed by atoms with Gasteiger partial charge in [-0.2, -0.15) is 4.31 Å². The van der Waals surface area contributed by atoms with Crippen molar-refractivity contribution in [1.29, 1.82) is 0 Å². The summed E-state index contributed by atoms with van der Waals surface area (Å²) in [4.78, 5) is 14.2. The lowest BCUT2D eigenvalue weighted by Crippen LogP contribution is -2.61. The number of likely N-dealkylation sites (N-methyl/N-ethyl adjacent to an activating group) is 1. The molecule has 2 saturated heterocycles. The molecule has 0 unspecified atom stereocenters. The molecular formula is C17H24N2O3S. The van der Waals surface area contributed by atoms with E-state index in [1.165, 1.54) is 0 Å². The number of nitrogens with zero attached hydrogens (tertiary/aromatic N) is 2. The largest absolute Gasteiger partial charge is 0.339 e. The standard InChI is InChI=1S/C17H24N2O3S/c1-14-6-8-15(9-7-14)23(21,22)19-12-4-11-17(13-19)10-3-5-16(20)18(17)2/h6-9H,3-5,10-13H2,1-2H3/t17-/m1/s1. The van der Waals surface area contributed by atoms with Gasteiger partial charge in [-0.15, -0.1) is 0 Å². The Morgan fingerprint density at radius 3 is 2.43 bits per heavy atom. The Morgan fingerprint density at radius 1 is 1.09 bits per heavy atom. The lowest BCUT2D eigenvalue weighted by atomic mass is 9.81. The van der Waals surface area contributed by atoms with Crippen LogP contribution in [0.2, 0.25) is 0 Å². The fraction of sp³-hybridized carbons (Fsp3) is 0.588. The van der Waals surface area contributed by atoms with E-state index in [1.807, 2.05) is 26.1 Å².